The van der Waals surface area contributed by atoms with Gasteiger partial charge < -0.3 is 31.5 Å². The summed E-state index contributed by atoms with van der Waals surface area (Å²) in [5.41, 5.74) is 0. The number of rotatable bonds is 25. The first-order valence-electron chi connectivity index (χ1n) is 15.4. The molecule has 0 fully saturated rings. The summed E-state index contributed by atoms with van der Waals surface area (Å²) >= 11 is 0. The lowest BCUT2D eigenvalue weighted by Gasteiger charge is -2.21. The van der Waals surface area contributed by atoms with Gasteiger partial charge in [0.2, 0.25) is 23.6 Å². The van der Waals surface area contributed by atoms with Gasteiger partial charge in [0.05, 0.1) is 12.8 Å². The molecule has 0 spiro atoms. The molecule has 4 amide bonds. The Morgan fingerprint density at radius 1 is 0.476 bits per heavy atom. The van der Waals surface area contributed by atoms with Gasteiger partial charge in [0.25, 0.3) is 0 Å². The van der Waals surface area contributed by atoms with E-state index in [-0.39, 0.29) is 49.3 Å². The highest BCUT2D eigenvalue weighted by atomic mass is 16.4. The van der Waals surface area contributed by atoms with Crippen LogP contribution < -0.4 is 21.3 Å². The van der Waals surface area contributed by atoms with E-state index in [1.54, 1.807) is 0 Å². The van der Waals surface area contributed by atoms with Crippen molar-refractivity contribution in [2.75, 3.05) is 13.1 Å². The fourth-order valence-corrected chi connectivity index (χ4v) is 4.31. The number of carboxylic acids is 2. The van der Waals surface area contributed by atoms with Gasteiger partial charge in [0, 0.05) is 25.9 Å². The number of carbonyl (C=O) groups is 6. The quantitative estimate of drug-likeness (QED) is 0.0863. The van der Waals surface area contributed by atoms with Crippen molar-refractivity contribution in [3.8, 4) is 0 Å². The van der Waals surface area contributed by atoms with Gasteiger partial charge in [-0.15, -0.1) is 0 Å². The zero-order valence-corrected chi connectivity index (χ0v) is 26.0. The minimum Gasteiger partial charge on any atom is -0.481 e. The van der Waals surface area contributed by atoms with Crippen LogP contribution in [-0.2, 0) is 28.8 Å². The zero-order valence-electron chi connectivity index (χ0n) is 26.0. The molecule has 0 aliphatic carbocycles. The van der Waals surface area contributed by atoms with Gasteiger partial charge >= 0.3 is 11.9 Å². The third-order valence-corrected chi connectivity index (χ3v) is 6.87. The number of carboxylic acid groups (broad SMARTS) is 2. The van der Waals surface area contributed by atoms with Crippen LogP contribution >= 0.6 is 0 Å². The summed E-state index contributed by atoms with van der Waals surface area (Å²) in [6.07, 6.45) is 9.66. The summed E-state index contributed by atoms with van der Waals surface area (Å²) in [5.74, 6) is -3.67. The van der Waals surface area contributed by atoms with Gasteiger partial charge in [-0.2, -0.15) is 0 Å². The van der Waals surface area contributed by atoms with Gasteiger partial charge in [-0.3, -0.25) is 28.8 Å². The van der Waals surface area contributed by atoms with Gasteiger partial charge in [0.15, 0.2) is 0 Å². The fourth-order valence-electron chi connectivity index (χ4n) is 4.31. The van der Waals surface area contributed by atoms with Crippen LogP contribution in [0, 0.1) is 11.8 Å². The Balaban J connectivity index is 3.85. The van der Waals surface area contributed by atoms with E-state index >= 15 is 0 Å². The van der Waals surface area contributed by atoms with Crippen LogP contribution in [0.2, 0.25) is 0 Å². The Bertz CT molecular complexity index is 779. The molecule has 0 radical (unpaired) electrons. The van der Waals surface area contributed by atoms with E-state index in [0.29, 0.717) is 13.1 Å². The van der Waals surface area contributed by atoms with Crippen molar-refractivity contribution in [2.24, 2.45) is 11.8 Å². The van der Waals surface area contributed by atoms with Crippen LogP contribution in [0.15, 0.2) is 0 Å². The van der Waals surface area contributed by atoms with E-state index in [0.717, 1.165) is 64.2 Å². The maximum absolute atomic E-state index is 12.4. The molecule has 242 valence electrons. The SMILES string of the molecule is CC(C)C(NC(=O)CCC(=O)O)C(=O)NCCCCCCCCCCCCNC(=O)C(NC(=O)CCC(=O)O)C(C)C. The second kappa shape index (κ2) is 23.4. The molecule has 0 bridgehead atoms. The number of hydrogen-bond acceptors (Lipinski definition) is 6. The smallest absolute Gasteiger partial charge is 0.303 e. The molecule has 2 unspecified atom stereocenters. The van der Waals surface area contributed by atoms with Crippen molar-refractivity contribution in [1.82, 2.24) is 21.3 Å². The lowest BCUT2D eigenvalue weighted by molar-refractivity contribution is -0.139. The summed E-state index contributed by atoms with van der Waals surface area (Å²) in [6.45, 7) is 8.42. The lowest BCUT2D eigenvalue weighted by atomic mass is 10.0. The van der Waals surface area contributed by atoms with Crippen LogP contribution in [0.25, 0.3) is 0 Å². The van der Waals surface area contributed by atoms with Crippen LogP contribution in [0.1, 0.15) is 118 Å². The highest BCUT2D eigenvalue weighted by Crippen LogP contribution is 2.11. The zero-order chi connectivity index (χ0) is 31.9. The second-order valence-electron chi connectivity index (χ2n) is 11.5. The van der Waals surface area contributed by atoms with Crippen LogP contribution in [0.4, 0.5) is 0 Å². The van der Waals surface area contributed by atoms with Crippen molar-refractivity contribution < 1.29 is 39.0 Å². The molecular weight excluding hydrogens is 544 g/mol. The molecule has 0 saturated heterocycles. The minimum absolute atomic E-state index is 0.105. The summed E-state index contributed by atoms with van der Waals surface area (Å²) in [4.78, 5) is 69.9. The number of hydrogen-bond donors (Lipinski definition) is 6. The van der Waals surface area contributed by atoms with Crippen molar-refractivity contribution in [3.05, 3.63) is 0 Å². The largest absolute Gasteiger partial charge is 0.481 e. The predicted octanol–water partition coefficient (Wildman–Crippen LogP) is 3.13. The number of amides is 4. The molecule has 0 aromatic rings. The van der Waals surface area contributed by atoms with Gasteiger partial charge in [-0.25, -0.2) is 0 Å². The van der Waals surface area contributed by atoms with Crippen molar-refractivity contribution in [3.63, 3.8) is 0 Å². The van der Waals surface area contributed by atoms with Crippen molar-refractivity contribution >= 4 is 35.6 Å². The molecule has 2 atom stereocenters. The minimum atomic E-state index is -1.05. The van der Waals surface area contributed by atoms with Gasteiger partial charge in [0.1, 0.15) is 12.1 Å². The summed E-state index contributed by atoms with van der Waals surface area (Å²) < 4.78 is 0. The maximum Gasteiger partial charge on any atom is 0.303 e. The molecule has 0 aliphatic heterocycles. The van der Waals surface area contributed by atoms with E-state index < -0.39 is 35.8 Å². The maximum atomic E-state index is 12.4. The van der Waals surface area contributed by atoms with Crippen molar-refractivity contribution in [1.29, 1.82) is 0 Å². The van der Waals surface area contributed by atoms with E-state index in [1.165, 1.54) is 0 Å². The molecule has 0 aromatic carbocycles. The van der Waals surface area contributed by atoms with Crippen LogP contribution in [0.3, 0.4) is 0 Å². The number of unbranched alkanes of at least 4 members (excludes halogenated alkanes) is 9. The van der Waals surface area contributed by atoms with Gasteiger partial charge in [-0.05, 0) is 24.7 Å². The average Bonchev–Trinajstić information content (AvgIpc) is 2.91. The first-order valence-corrected chi connectivity index (χ1v) is 15.4. The van der Waals surface area contributed by atoms with E-state index in [4.69, 9.17) is 10.2 Å². The summed E-state index contributed by atoms with van der Waals surface area (Å²) in [6, 6.07) is -1.35. The van der Waals surface area contributed by atoms with Crippen LogP contribution in [-0.4, -0.2) is 71.0 Å². The lowest BCUT2D eigenvalue weighted by Crippen LogP contribution is -2.49. The molecule has 0 aromatic heterocycles. The Morgan fingerprint density at radius 3 is 1.02 bits per heavy atom. The van der Waals surface area contributed by atoms with Crippen molar-refractivity contribution in [2.45, 2.75) is 130 Å². The Hall–Kier alpha value is -3.18. The Morgan fingerprint density at radius 2 is 0.762 bits per heavy atom. The molecule has 0 heterocycles. The molecular formula is C30H54N4O8. The third-order valence-electron chi connectivity index (χ3n) is 6.87. The van der Waals surface area contributed by atoms with Gasteiger partial charge in [-0.1, -0.05) is 79.1 Å². The monoisotopic (exact) mass is 598 g/mol. The summed E-state index contributed by atoms with van der Waals surface area (Å²) in [7, 11) is 0. The number of carbonyl (C=O) groups excluding carboxylic acids is 4. The highest BCUT2D eigenvalue weighted by molar-refractivity contribution is 5.89. The third kappa shape index (κ3) is 20.7. The predicted molar refractivity (Wildman–Crippen MR) is 159 cm³/mol. The molecule has 42 heavy (non-hydrogen) atoms. The number of nitrogens with one attached hydrogen (secondary N) is 4. The standard InChI is InChI=1S/C30H54N4O8/c1-21(2)27(33-23(35)15-17-25(37)38)29(41)31-19-13-11-9-7-5-6-8-10-12-14-20-32-30(42)28(22(3)4)34-24(36)16-18-26(39)40/h21-22,27-28H,5-20H2,1-4H3,(H,31,41)(H,32,42)(H,33,35)(H,34,36)(H,37,38)(H,39,40). The number of aliphatic carboxylic acids is 2. The molecule has 6 N–H and O–H groups in total. The first-order chi connectivity index (χ1) is 19.8. The van der Waals surface area contributed by atoms with Crippen LogP contribution in [0.5, 0.6) is 0 Å². The topological polar surface area (TPSA) is 191 Å². The second-order valence-corrected chi connectivity index (χ2v) is 11.5. The molecule has 0 rings (SSSR count). The Kier molecular flexibility index (Phi) is 21.6. The van der Waals surface area contributed by atoms with E-state index in [9.17, 15) is 28.8 Å². The molecule has 0 saturated carbocycles. The highest BCUT2D eigenvalue weighted by Gasteiger charge is 2.25. The van der Waals surface area contributed by atoms with E-state index in [2.05, 4.69) is 21.3 Å². The summed E-state index contributed by atoms with van der Waals surface area (Å²) in [5, 5.41) is 28.4. The Labute approximate surface area is 250 Å². The van der Waals surface area contributed by atoms with E-state index in [1.807, 2.05) is 27.7 Å². The normalized spacial score (nSPS) is 12.4. The average molecular weight is 599 g/mol. The molecule has 12 heteroatoms. The fraction of sp³-hybridized carbons (Fsp3) is 0.800. The first kappa shape index (κ1) is 38.8. The molecule has 12 nitrogen and oxygen atoms in total. The molecule has 0 aliphatic rings.